The van der Waals surface area contributed by atoms with Crippen LogP contribution in [0.15, 0.2) is 0 Å². The highest BCUT2D eigenvalue weighted by Gasteiger charge is 2.49. The van der Waals surface area contributed by atoms with Crippen molar-refractivity contribution in [2.45, 2.75) is 59.6 Å². The molecule has 24 heavy (non-hydrogen) atoms. The number of nitrogens with one attached hydrogen (secondary N) is 1. The van der Waals surface area contributed by atoms with Crippen molar-refractivity contribution in [2.24, 2.45) is 0 Å². The van der Waals surface area contributed by atoms with Crippen molar-refractivity contribution < 1.29 is 45.2 Å². The van der Waals surface area contributed by atoms with E-state index >= 15 is 0 Å². The molecule has 2 rings (SSSR count). The zero-order chi connectivity index (χ0) is 18.0. The number of ether oxygens (including phenoxy) is 2. The fourth-order valence-electron chi connectivity index (χ4n) is 2.91. The van der Waals surface area contributed by atoms with E-state index in [9.17, 15) is 35.7 Å². The Kier molecular flexibility index (Phi) is 7.22. The number of methoxy groups -OCH3 is 1. The Morgan fingerprint density at radius 1 is 0.917 bits per heavy atom. The van der Waals surface area contributed by atoms with Gasteiger partial charge in [-0.05, 0) is 0 Å². The molecule has 0 spiro atoms. The Labute approximate surface area is 143 Å². The fourth-order valence-corrected chi connectivity index (χ4v) is 4.25. The molecule has 0 aromatic carbocycles. The Balaban J connectivity index is 2.14. The third-order valence-electron chi connectivity index (χ3n) is 4.37. The Hall–Kier alpha value is -0.0500. The van der Waals surface area contributed by atoms with Gasteiger partial charge in [0.25, 0.3) is 0 Å². The summed E-state index contributed by atoms with van der Waals surface area (Å²) in [6.07, 6.45) is -8.93. The molecule has 0 aromatic heterocycles. The van der Waals surface area contributed by atoms with Crippen LogP contribution in [-0.2, 0) is 9.47 Å². The van der Waals surface area contributed by atoms with Gasteiger partial charge in [0.1, 0.15) is 30.5 Å². The number of hydrogen-bond acceptors (Lipinski definition) is 11. The summed E-state index contributed by atoms with van der Waals surface area (Å²) in [5.41, 5.74) is 0. The Bertz CT molecular complexity index is 388. The highest BCUT2D eigenvalue weighted by molar-refractivity contribution is 8.00. The largest absolute Gasteiger partial charge is 0.395 e. The number of rotatable bonds is 5. The molecule has 0 radical (unpaired) electrons. The van der Waals surface area contributed by atoms with Crippen molar-refractivity contribution in [1.82, 2.24) is 5.32 Å². The minimum atomic E-state index is -1.50. The van der Waals surface area contributed by atoms with Gasteiger partial charge in [-0.1, -0.05) is 0 Å². The third kappa shape index (κ3) is 3.86. The molecule has 2 aliphatic rings. The van der Waals surface area contributed by atoms with E-state index in [-0.39, 0.29) is 0 Å². The minimum absolute atomic E-state index is 0.424. The van der Waals surface area contributed by atoms with E-state index in [4.69, 9.17) is 9.47 Å². The molecule has 2 saturated heterocycles. The van der Waals surface area contributed by atoms with Gasteiger partial charge in [0, 0.05) is 7.11 Å². The maximum Gasteiger partial charge on any atom is 0.185 e. The summed E-state index contributed by atoms with van der Waals surface area (Å²) in [4.78, 5) is 0. The normalized spacial score (nSPS) is 50.0. The van der Waals surface area contributed by atoms with E-state index in [1.54, 1.807) is 0 Å². The standard InChI is InChI=1S/C13H25NO9S/c1-22-13-9(19)6(7(17)4(2-15)23-13)14-12-11(21)10(20)8(18)5(3-16)24-12/h4-21H,2-3H2,1H3/t4-,5-,6+,7-,8-,9+,10+,11+,12?,13+/m1/s1. The summed E-state index contributed by atoms with van der Waals surface area (Å²) >= 11 is 0.979. The first-order valence-electron chi connectivity index (χ1n) is 7.57. The van der Waals surface area contributed by atoms with Gasteiger partial charge in [0.2, 0.25) is 0 Å². The second-order valence-corrected chi connectivity index (χ2v) is 7.27. The van der Waals surface area contributed by atoms with Crippen LogP contribution in [0.1, 0.15) is 0 Å². The van der Waals surface area contributed by atoms with Crippen LogP contribution < -0.4 is 5.32 Å². The number of aliphatic hydroxyl groups excluding tert-OH is 7. The summed E-state index contributed by atoms with van der Waals surface area (Å²) in [5.74, 6) is 0. The Morgan fingerprint density at radius 3 is 2.12 bits per heavy atom. The molecule has 8 N–H and O–H groups in total. The fraction of sp³-hybridized carbons (Fsp3) is 1.00. The van der Waals surface area contributed by atoms with E-state index < -0.39 is 72.8 Å². The van der Waals surface area contributed by atoms with Crippen LogP contribution >= 0.6 is 11.8 Å². The zero-order valence-corrected chi connectivity index (χ0v) is 13.9. The molecule has 0 aliphatic carbocycles. The molecular weight excluding hydrogens is 346 g/mol. The monoisotopic (exact) mass is 371 g/mol. The summed E-state index contributed by atoms with van der Waals surface area (Å²) in [6, 6.07) is -1.03. The van der Waals surface area contributed by atoms with Gasteiger partial charge in [-0.3, -0.25) is 5.32 Å². The van der Waals surface area contributed by atoms with Gasteiger partial charge >= 0.3 is 0 Å². The molecule has 10 atom stereocenters. The number of aliphatic hydroxyl groups is 7. The predicted octanol–water partition coefficient (Wildman–Crippen LogP) is -4.45. The summed E-state index contributed by atoms with van der Waals surface area (Å²) in [5, 5.41) is 70.1. The van der Waals surface area contributed by atoms with E-state index in [2.05, 4.69) is 5.32 Å². The van der Waals surface area contributed by atoms with Crippen molar-refractivity contribution in [3.63, 3.8) is 0 Å². The van der Waals surface area contributed by atoms with E-state index in [1.807, 2.05) is 0 Å². The highest BCUT2D eigenvalue weighted by atomic mass is 32.2. The molecule has 2 heterocycles. The van der Waals surface area contributed by atoms with Crippen molar-refractivity contribution in [3.05, 3.63) is 0 Å². The number of thioether (sulfide) groups is 1. The first kappa shape index (κ1) is 20.3. The second-order valence-electron chi connectivity index (χ2n) is 5.88. The van der Waals surface area contributed by atoms with Crippen LogP contribution in [0.5, 0.6) is 0 Å². The molecule has 2 fully saturated rings. The minimum Gasteiger partial charge on any atom is -0.395 e. The van der Waals surface area contributed by atoms with Gasteiger partial charge < -0.3 is 45.2 Å². The van der Waals surface area contributed by atoms with Crippen LogP contribution in [0.4, 0.5) is 0 Å². The van der Waals surface area contributed by atoms with Gasteiger partial charge in [-0.2, -0.15) is 0 Å². The molecule has 0 bridgehead atoms. The molecular formula is C13H25NO9S. The van der Waals surface area contributed by atoms with Gasteiger partial charge in [-0.25, -0.2) is 0 Å². The summed E-state index contributed by atoms with van der Waals surface area (Å²) in [7, 11) is 1.29. The average molecular weight is 371 g/mol. The van der Waals surface area contributed by atoms with Crippen LogP contribution in [0, 0.1) is 0 Å². The predicted molar refractivity (Wildman–Crippen MR) is 82.0 cm³/mol. The second kappa shape index (κ2) is 8.56. The van der Waals surface area contributed by atoms with E-state index in [0.29, 0.717) is 0 Å². The Morgan fingerprint density at radius 2 is 1.58 bits per heavy atom. The van der Waals surface area contributed by atoms with Crippen molar-refractivity contribution >= 4 is 11.8 Å². The van der Waals surface area contributed by atoms with E-state index in [1.165, 1.54) is 7.11 Å². The molecule has 0 amide bonds. The van der Waals surface area contributed by atoms with E-state index in [0.717, 1.165) is 11.8 Å². The van der Waals surface area contributed by atoms with Crippen LogP contribution in [0.25, 0.3) is 0 Å². The maximum absolute atomic E-state index is 10.3. The summed E-state index contributed by atoms with van der Waals surface area (Å²) < 4.78 is 10.2. The topological polar surface area (TPSA) is 172 Å². The molecule has 10 nitrogen and oxygen atoms in total. The molecule has 0 aromatic rings. The summed E-state index contributed by atoms with van der Waals surface area (Å²) in [6.45, 7) is -0.931. The van der Waals surface area contributed by atoms with Crippen molar-refractivity contribution in [2.75, 3.05) is 20.3 Å². The average Bonchev–Trinajstić information content (AvgIpc) is 2.58. The van der Waals surface area contributed by atoms with Crippen LogP contribution in [-0.4, -0.2) is 116 Å². The SMILES string of the molecule is CO[C@H]1O[C@H](CO)[C@@H](O)[C@H](NC2S[C@H](CO)[C@@H](O)[C@H](O)[C@@H]2O)[C@@H]1O. The molecule has 0 saturated carbocycles. The number of hydrogen-bond donors (Lipinski definition) is 8. The van der Waals surface area contributed by atoms with Gasteiger partial charge in [0.05, 0.1) is 36.0 Å². The maximum atomic E-state index is 10.3. The third-order valence-corrected chi connectivity index (χ3v) is 5.85. The lowest BCUT2D eigenvalue weighted by molar-refractivity contribution is -0.272. The first-order valence-corrected chi connectivity index (χ1v) is 8.51. The van der Waals surface area contributed by atoms with Crippen molar-refractivity contribution in [3.8, 4) is 0 Å². The molecule has 11 heteroatoms. The van der Waals surface area contributed by atoms with Crippen LogP contribution in [0.2, 0.25) is 0 Å². The molecule has 2 aliphatic heterocycles. The van der Waals surface area contributed by atoms with Crippen molar-refractivity contribution in [1.29, 1.82) is 0 Å². The highest BCUT2D eigenvalue weighted by Crippen LogP contribution is 2.33. The zero-order valence-electron chi connectivity index (χ0n) is 13.0. The van der Waals surface area contributed by atoms with Crippen LogP contribution in [0.3, 0.4) is 0 Å². The van der Waals surface area contributed by atoms with Gasteiger partial charge in [0.15, 0.2) is 6.29 Å². The quantitative estimate of drug-likeness (QED) is 0.234. The lowest BCUT2D eigenvalue weighted by atomic mass is 9.95. The lowest BCUT2D eigenvalue weighted by Gasteiger charge is -2.46. The smallest absolute Gasteiger partial charge is 0.185 e. The molecule has 1 unspecified atom stereocenters. The molecule has 142 valence electrons. The van der Waals surface area contributed by atoms with Gasteiger partial charge in [-0.15, -0.1) is 11.8 Å². The first-order chi connectivity index (χ1) is 11.3. The lowest BCUT2D eigenvalue weighted by Crippen LogP contribution is -2.68.